The quantitative estimate of drug-likeness (QED) is 0.719. The summed E-state index contributed by atoms with van der Waals surface area (Å²) in [6.07, 6.45) is 3.27. The molecule has 146 valence electrons. The van der Waals surface area contributed by atoms with Crippen molar-refractivity contribution in [3.05, 3.63) is 61.6 Å². The summed E-state index contributed by atoms with van der Waals surface area (Å²) in [7, 11) is 0. The largest absolute Gasteiger partial charge is 0.332 e. The third kappa shape index (κ3) is 3.42. The fraction of sp³-hybridized carbons (Fsp3) is 0.381. The molecular weight excluding hydrogens is 374 g/mol. The Bertz CT molecular complexity index is 1170. The molecule has 28 heavy (non-hydrogen) atoms. The van der Waals surface area contributed by atoms with Crippen LogP contribution in [0.3, 0.4) is 0 Å². The Morgan fingerprint density at radius 1 is 1.14 bits per heavy atom. The van der Waals surface area contributed by atoms with Crippen molar-refractivity contribution in [2.24, 2.45) is 5.92 Å². The minimum atomic E-state index is -0.436. The third-order valence-corrected chi connectivity index (χ3v) is 5.96. The minimum Gasteiger partial charge on any atom is -0.325 e. The number of rotatable bonds is 5. The number of aryl methyl sites for hydroxylation is 2. The van der Waals surface area contributed by atoms with Gasteiger partial charge in [0.1, 0.15) is 11.2 Å². The van der Waals surface area contributed by atoms with Crippen molar-refractivity contribution in [3.8, 4) is 0 Å². The van der Waals surface area contributed by atoms with Gasteiger partial charge in [0.2, 0.25) is 5.91 Å². The van der Waals surface area contributed by atoms with Crippen LogP contribution >= 0.6 is 11.3 Å². The molecule has 7 heteroatoms. The van der Waals surface area contributed by atoms with E-state index in [0.29, 0.717) is 16.8 Å². The number of hydrogen-bond acceptors (Lipinski definition) is 4. The molecule has 1 N–H and O–H groups in total. The molecule has 1 aromatic carbocycles. The summed E-state index contributed by atoms with van der Waals surface area (Å²) in [4.78, 5) is 38.2. The Kier molecular flexibility index (Phi) is 4.93. The van der Waals surface area contributed by atoms with Crippen molar-refractivity contribution in [1.82, 2.24) is 9.13 Å². The van der Waals surface area contributed by atoms with Crippen LogP contribution in [0.25, 0.3) is 10.2 Å². The Morgan fingerprint density at radius 2 is 1.93 bits per heavy atom. The molecule has 0 bridgehead atoms. The van der Waals surface area contributed by atoms with E-state index in [1.807, 2.05) is 26.0 Å². The minimum absolute atomic E-state index is 0.123. The van der Waals surface area contributed by atoms with E-state index in [9.17, 15) is 14.4 Å². The number of nitrogens with zero attached hydrogens (tertiary/aromatic N) is 2. The average Bonchev–Trinajstić information content (AvgIpc) is 3.31. The smallest absolute Gasteiger partial charge is 0.325 e. The molecule has 0 aliphatic heterocycles. The van der Waals surface area contributed by atoms with E-state index < -0.39 is 5.69 Å². The van der Waals surface area contributed by atoms with Crippen molar-refractivity contribution in [2.45, 2.75) is 46.2 Å². The molecule has 0 fully saturated rings. The van der Waals surface area contributed by atoms with E-state index in [1.54, 1.807) is 11.4 Å². The second-order valence-corrected chi connectivity index (χ2v) is 8.61. The van der Waals surface area contributed by atoms with Gasteiger partial charge in [0.15, 0.2) is 0 Å². The van der Waals surface area contributed by atoms with Gasteiger partial charge in [0.05, 0.1) is 5.52 Å². The van der Waals surface area contributed by atoms with E-state index in [4.69, 9.17) is 0 Å². The molecule has 0 radical (unpaired) electrons. The van der Waals surface area contributed by atoms with Crippen LogP contribution < -0.4 is 16.6 Å². The van der Waals surface area contributed by atoms with E-state index in [2.05, 4.69) is 11.4 Å². The van der Waals surface area contributed by atoms with E-state index >= 15 is 0 Å². The summed E-state index contributed by atoms with van der Waals surface area (Å²) in [6, 6.07) is 7.71. The lowest BCUT2D eigenvalue weighted by atomic mass is 10.1. The monoisotopic (exact) mass is 397 g/mol. The first kappa shape index (κ1) is 18.7. The highest BCUT2D eigenvalue weighted by Crippen LogP contribution is 2.25. The van der Waals surface area contributed by atoms with Crippen molar-refractivity contribution < 1.29 is 4.79 Å². The number of thiophene rings is 1. The van der Waals surface area contributed by atoms with Gasteiger partial charge in [-0.2, -0.15) is 0 Å². The predicted octanol–water partition coefficient (Wildman–Crippen LogP) is 3.01. The Balaban J connectivity index is 1.65. The Labute approximate surface area is 166 Å². The lowest BCUT2D eigenvalue weighted by Gasteiger charge is -2.14. The van der Waals surface area contributed by atoms with Crippen molar-refractivity contribution >= 4 is 33.1 Å². The zero-order chi connectivity index (χ0) is 19.8. The van der Waals surface area contributed by atoms with Crippen molar-refractivity contribution in [3.63, 3.8) is 0 Å². The maximum absolute atomic E-state index is 12.9. The van der Waals surface area contributed by atoms with Crippen LogP contribution in [0.4, 0.5) is 5.69 Å². The highest BCUT2D eigenvalue weighted by molar-refractivity contribution is 7.17. The summed E-state index contributed by atoms with van der Waals surface area (Å²) in [5, 5.41) is 4.67. The van der Waals surface area contributed by atoms with E-state index in [1.165, 1.54) is 31.6 Å². The number of amides is 1. The highest BCUT2D eigenvalue weighted by atomic mass is 32.1. The standard InChI is InChI=1S/C21H23N3O3S/c1-13(2)11-24-20(26)19-17(8-9-28-19)23(21(24)27)12-18(25)22-16-7-6-14-4-3-5-15(14)10-16/h6-10,13H,3-5,11-12H2,1-2H3,(H,22,25). The lowest BCUT2D eigenvalue weighted by molar-refractivity contribution is -0.116. The van der Waals surface area contributed by atoms with Crippen molar-refractivity contribution in [2.75, 3.05) is 5.32 Å². The zero-order valence-electron chi connectivity index (χ0n) is 16.0. The van der Waals surface area contributed by atoms with E-state index in [0.717, 1.165) is 24.9 Å². The molecule has 0 saturated carbocycles. The Morgan fingerprint density at radius 3 is 2.71 bits per heavy atom. The van der Waals surface area contributed by atoms with Gasteiger partial charge in [-0.1, -0.05) is 19.9 Å². The summed E-state index contributed by atoms with van der Waals surface area (Å²) in [6.45, 7) is 4.12. The second-order valence-electron chi connectivity index (χ2n) is 7.70. The first-order chi connectivity index (χ1) is 13.4. The summed E-state index contributed by atoms with van der Waals surface area (Å²) >= 11 is 1.30. The summed E-state index contributed by atoms with van der Waals surface area (Å²) in [5.74, 6) is -0.126. The van der Waals surface area contributed by atoms with Crippen LogP contribution in [0.1, 0.15) is 31.4 Å². The molecule has 6 nitrogen and oxygen atoms in total. The second kappa shape index (κ2) is 7.39. The molecule has 1 amide bonds. The van der Waals surface area contributed by atoms with Crippen LogP contribution in [0.2, 0.25) is 0 Å². The molecule has 2 heterocycles. The van der Waals surface area contributed by atoms with Crippen molar-refractivity contribution in [1.29, 1.82) is 0 Å². The third-order valence-electron chi connectivity index (χ3n) is 5.07. The molecule has 0 atom stereocenters. The van der Waals surface area contributed by atoms with Gasteiger partial charge in [-0.05, 0) is 59.9 Å². The number of aromatic nitrogens is 2. The number of fused-ring (bicyclic) bond motifs is 2. The highest BCUT2D eigenvalue weighted by Gasteiger charge is 2.18. The van der Waals surface area contributed by atoms with Gasteiger partial charge in [0, 0.05) is 12.2 Å². The molecule has 0 saturated heterocycles. The van der Waals surface area contributed by atoms with Gasteiger partial charge >= 0.3 is 5.69 Å². The van der Waals surface area contributed by atoms with Gasteiger partial charge in [-0.15, -0.1) is 11.3 Å². The number of hydrogen-bond donors (Lipinski definition) is 1. The number of benzene rings is 1. The predicted molar refractivity (Wildman–Crippen MR) is 112 cm³/mol. The number of carbonyl (C=O) groups is 1. The fourth-order valence-electron chi connectivity index (χ4n) is 3.81. The average molecular weight is 398 g/mol. The van der Waals surface area contributed by atoms with Crippen LogP contribution in [-0.4, -0.2) is 15.0 Å². The lowest BCUT2D eigenvalue weighted by Crippen LogP contribution is -2.42. The summed E-state index contributed by atoms with van der Waals surface area (Å²) in [5.41, 5.74) is 3.17. The number of carbonyl (C=O) groups excluding carboxylic acids is 1. The normalized spacial score (nSPS) is 13.2. The van der Waals surface area contributed by atoms with Gasteiger partial charge in [0.25, 0.3) is 5.56 Å². The Hall–Kier alpha value is -2.67. The molecule has 1 aliphatic rings. The molecule has 2 aromatic heterocycles. The fourth-order valence-corrected chi connectivity index (χ4v) is 4.65. The SMILES string of the molecule is CC(C)Cn1c(=O)c2sccc2n(CC(=O)Nc2ccc3c(c2)CCC3)c1=O. The number of anilines is 1. The summed E-state index contributed by atoms with van der Waals surface area (Å²) < 4.78 is 3.15. The van der Waals surface area contributed by atoms with Crippen LogP contribution in [-0.2, 0) is 30.7 Å². The van der Waals surface area contributed by atoms with E-state index in [-0.39, 0.29) is 23.9 Å². The van der Waals surface area contributed by atoms with Gasteiger partial charge < -0.3 is 5.32 Å². The molecule has 3 aromatic rings. The maximum atomic E-state index is 12.9. The molecule has 0 spiro atoms. The maximum Gasteiger partial charge on any atom is 0.332 e. The molecule has 4 rings (SSSR count). The van der Waals surface area contributed by atoms with Crippen LogP contribution in [0.5, 0.6) is 0 Å². The topological polar surface area (TPSA) is 73.1 Å². The van der Waals surface area contributed by atoms with Gasteiger partial charge in [-0.3, -0.25) is 18.7 Å². The molecule has 1 aliphatic carbocycles. The molecule has 0 unspecified atom stereocenters. The number of nitrogens with one attached hydrogen (secondary N) is 1. The van der Waals surface area contributed by atoms with Crippen LogP contribution in [0, 0.1) is 5.92 Å². The zero-order valence-corrected chi connectivity index (χ0v) is 16.8. The first-order valence-corrected chi connectivity index (χ1v) is 10.4. The van der Waals surface area contributed by atoms with Crippen LogP contribution in [0.15, 0.2) is 39.2 Å². The first-order valence-electron chi connectivity index (χ1n) is 9.56. The molecular formula is C21H23N3O3S. The van der Waals surface area contributed by atoms with Gasteiger partial charge in [-0.25, -0.2) is 4.79 Å².